The van der Waals surface area contributed by atoms with E-state index in [2.05, 4.69) is 138 Å². The number of ether oxygens (including phenoxy) is 2. The molecule has 5 heteroatoms. The Balaban J connectivity index is 2.84. The second-order valence-electron chi connectivity index (χ2n) is 15.6. The van der Waals surface area contributed by atoms with Crippen LogP contribution in [-0.4, -0.2) is 44.1 Å². The lowest BCUT2D eigenvalue weighted by molar-refractivity contribution is -0.154. The Kier molecular flexibility index (Phi) is 17.9. The lowest BCUT2D eigenvalue weighted by atomic mass is 9.81. The molecule has 0 amide bonds. The van der Waals surface area contributed by atoms with Crippen LogP contribution in [-0.2, 0) is 13.9 Å². The molecule has 0 saturated carbocycles. The van der Waals surface area contributed by atoms with Gasteiger partial charge in [0.15, 0.2) is 14.6 Å². The number of aliphatic hydroxyl groups is 1. The van der Waals surface area contributed by atoms with Gasteiger partial charge in [-0.3, -0.25) is 0 Å². The van der Waals surface area contributed by atoms with E-state index in [0.717, 1.165) is 19.3 Å². The van der Waals surface area contributed by atoms with Gasteiger partial charge in [0.05, 0.1) is 24.4 Å². The number of rotatable bonds is 17. The number of aliphatic hydroxyl groups excluding tert-OH is 1. The van der Waals surface area contributed by atoms with Crippen LogP contribution in [0.5, 0.6) is 0 Å². The quantitative estimate of drug-likeness (QED) is 0.0974. The van der Waals surface area contributed by atoms with E-state index in [-0.39, 0.29) is 41.5 Å². The van der Waals surface area contributed by atoms with Gasteiger partial charge in [0.1, 0.15) is 0 Å². The van der Waals surface area contributed by atoms with E-state index >= 15 is 0 Å². The number of hydrogen-bond acceptors (Lipinski definition) is 4. The van der Waals surface area contributed by atoms with Crippen molar-refractivity contribution in [3.05, 3.63) is 71.4 Å². The summed E-state index contributed by atoms with van der Waals surface area (Å²) in [6.07, 6.45) is 21.9. The van der Waals surface area contributed by atoms with Gasteiger partial charge in [-0.25, -0.2) is 0 Å². The summed E-state index contributed by atoms with van der Waals surface area (Å²) in [6, 6.07) is 0. The Hall–Kier alpha value is -1.50. The minimum absolute atomic E-state index is 0.00311. The van der Waals surface area contributed by atoms with Crippen molar-refractivity contribution in [3.63, 3.8) is 0 Å². The maximum absolute atomic E-state index is 11.6. The topological polar surface area (TPSA) is 47.9 Å². The molecule has 1 rings (SSSR count). The standard InChI is InChI=1S/C40H70O4Si/c1-16-29(4)26-34(9)39(44-45(14,15)40(11,12)13)35(10)38(41)33(8)27-31(6)20-17-19-30(5)25-32(7)23-24-36-21-18-22-37(43-36)42-28(2)3/h16-18,20,22-25,27-28,30,33-39,41H,19,21,26H2,1-15H3/b20-17+,24-23+,29-16+,31-27+,32-25-/t30-,33-,34+,35-,36-,37-,38+,39-/m1/s1. The van der Waals surface area contributed by atoms with Gasteiger partial charge in [0.25, 0.3) is 0 Å². The molecule has 0 saturated heterocycles. The summed E-state index contributed by atoms with van der Waals surface area (Å²) in [7, 11) is -2.01. The van der Waals surface area contributed by atoms with E-state index in [1.807, 2.05) is 19.9 Å². The van der Waals surface area contributed by atoms with E-state index in [9.17, 15) is 5.11 Å². The summed E-state index contributed by atoms with van der Waals surface area (Å²) in [5.41, 5.74) is 3.79. The molecular formula is C40H70O4Si. The Bertz CT molecular complexity index is 1050. The summed E-state index contributed by atoms with van der Waals surface area (Å²) in [5.74, 6) is 0.790. The highest BCUT2D eigenvalue weighted by Gasteiger charge is 2.43. The molecule has 0 aromatic rings. The summed E-state index contributed by atoms with van der Waals surface area (Å²) >= 11 is 0. The third-order valence-electron chi connectivity index (χ3n) is 9.44. The lowest BCUT2D eigenvalue weighted by Crippen LogP contribution is -2.49. The molecule has 0 bridgehead atoms. The van der Waals surface area contributed by atoms with Crippen LogP contribution in [0, 0.1) is 23.7 Å². The van der Waals surface area contributed by atoms with Gasteiger partial charge < -0.3 is 19.0 Å². The highest BCUT2D eigenvalue weighted by molar-refractivity contribution is 6.74. The van der Waals surface area contributed by atoms with E-state index in [1.165, 1.54) is 16.7 Å². The van der Waals surface area contributed by atoms with Gasteiger partial charge >= 0.3 is 0 Å². The van der Waals surface area contributed by atoms with Crippen molar-refractivity contribution in [1.82, 2.24) is 0 Å². The molecule has 1 aliphatic heterocycles. The van der Waals surface area contributed by atoms with Crippen LogP contribution in [0.15, 0.2) is 71.4 Å². The molecule has 0 aromatic heterocycles. The molecule has 8 atom stereocenters. The summed E-state index contributed by atoms with van der Waals surface area (Å²) in [6.45, 7) is 33.0. The largest absolute Gasteiger partial charge is 0.413 e. The second kappa shape index (κ2) is 19.4. The summed E-state index contributed by atoms with van der Waals surface area (Å²) in [5, 5.41) is 11.7. The van der Waals surface area contributed by atoms with Gasteiger partial charge in [0, 0.05) is 11.8 Å². The minimum atomic E-state index is -2.01. The van der Waals surface area contributed by atoms with E-state index in [1.54, 1.807) is 0 Å². The SMILES string of the molecule is C/C=C(\C)C[C@H](C)[C@@H](O[Si](C)(C)C(C)(C)C)[C@H](C)[C@@H](O)[C@H](C)/C=C(C)/C=C/C[C@@H](C)/C=C(C)\C=C\[C@H]1CC=C[C@H](OC(C)C)O1. The van der Waals surface area contributed by atoms with Crippen molar-refractivity contribution >= 4 is 8.32 Å². The molecule has 1 heterocycles. The summed E-state index contributed by atoms with van der Waals surface area (Å²) < 4.78 is 18.8. The molecule has 4 nitrogen and oxygen atoms in total. The molecule has 0 radical (unpaired) electrons. The molecule has 0 aliphatic carbocycles. The molecule has 1 aliphatic rings. The fourth-order valence-corrected chi connectivity index (χ4v) is 7.09. The third kappa shape index (κ3) is 15.3. The Labute approximate surface area is 279 Å². The van der Waals surface area contributed by atoms with Crippen molar-refractivity contribution in [2.75, 3.05) is 0 Å². The molecule has 0 spiro atoms. The second-order valence-corrected chi connectivity index (χ2v) is 20.3. The first-order chi connectivity index (χ1) is 20.8. The molecule has 258 valence electrons. The fourth-order valence-electron chi connectivity index (χ4n) is 5.61. The van der Waals surface area contributed by atoms with Gasteiger partial charge in [-0.15, -0.1) is 0 Å². The fraction of sp³-hybridized carbons (Fsp3) is 0.700. The van der Waals surface area contributed by atoms with Gasteiger partial charge in [0.2, 0.25) is 0 Å². The zero-order chi connectivity index (χ0) is 34.5. The van der Waals surface area contributed by atoms with Crippen LogP contribution >= 0.6 is 0 Å². The van der Waals surface area contributed by atoms with Crippen molar-refractivity contribution in [2.24, 2.45) is 23.7 Å². The number of allylic oxidation sites excluding steroid dienone is 8. The monoisotopic (exact) mass is 643 g/mol. The van der Waals surface area contributed by atoms with E-state index < -0.39 is 14.4 Å². The summed E-state index contributed by atoms with van der Waals surface area (Å²) in [4.78, 5) is 0. The zero-order valence-corrected chi connectivity index (χ0v) is 32.7. The van der Waals surface area contributed by atoms with E-state index in [4.69, 9.17) is 13.9 Å². The molecule has 45 heavy (non-hydrogen) atoms. The molecular weight excluding hydrogens is 573 g/mol. The Morgan fingerprint density at radius 3 is 2.20 bits per heavy atom. The van der Waals surface area contributed by atoms with Crippen LogP contribution in [0.1, 0.15) is 109 Å². The van der Waals surface area contributed by atoms with Crippen molar-refractivity contribution < 1.29 is 19.0 Å². The Morgan fingerprint density at radius 1 is 1.00 bits per heavy atom. The van der Waals surface area contributed by atoms with Gasteiger partial charge in [-0.2, -0.15) is 0 Å². The van der Waals surface area contributed by atoms with Crippen LogP contribution in [0.25, 0.3) is 0 Å². The normalized spacial score (nSPS) is 23.5. The first kappa shape index (κ1) is 41.5. The maximum atomic E-state index is 11.6. The van der Waals surface area contributed by atoms with Crippen LogP contribution in [0.3, 0.4) is 0 Å². The first-order valence-electron chi connectivity index (χ1n) is 17.4. The van der Waals surface area contributed by atoms with Gasteiger partial charge in [-0.1, -0.05) is 114 Å². The van der Waals surface area contributed by atoms with Crippen molar-refractivity contribution in [3.8, 4) is 0 Å². The minimum Gasteiger partial charge on any atom is -0.413 e. The third-order valence-corrected chi connectivity index (χ3v) is 13.9. The van der Waals surface area contributed by atoms with Crippen molar-refractivity contribution in [1.29, 1.82) is 0 Å². The number of hydrogen-bond donors (Lipinski definition) is 1. The highest BCUT2D eigenvalue weighted by Crippen LogP contribution is 2.40. The van der Waals surface area contributed by atoms with Crippen molar-refractivity contribution in [2.45, 2.75) is 158 Å². The molecule has 0 unspecified atom stereocenters. The molecule has 0 fully saturated rings. The Morgan fingerprint density at radius 2 is 1.62 bits per heavy atom. The predicted octanol–water partition coefficient (Wildman–Crippen LogP) is 11.1. The average molecular weight is 643 g/mol. The maximum Gasteiger partial charge on any atom is 0.192 e. The average Bonchev–Trinajstić information content (AvgIpc) is 2.93. The smallest absolute Gasteiger partial charge is 0.192 e. The predicted molar refractivity (Wildman–Crippen MR) is 198 cm³/mol. The van der Waals surface area contributed by atoms with Crippen LogP contribution in [0.4, 0.5) is 0 Å². The van der Waals surface area contributed by atoms with Gasteiger partial charge in [-0.05, 0) is 96.8 Å². The lowest BCUT2D eigenvalue weighted by Gasteiger charge is -2.44. The van der Waals surface area contributed by atoms with Crippen LogP contribution < -0.4 is 0 Å². The molecule has 0 aromatic carbocycles. The van der Waals surface area contributed by atoms with E-state index in [0.29, 0.717) is 11.8 Å². The zero-order valence-electron chi connectivity index (χ0n) is 31.7. The first-order valence-corrected chi connectivity index (χ1v) is 20.3. The van der Waals surface area contributed by atoms with Crippen LogP contribution in [0.2, 0.25) is 18.1 Å². The highest BCUT2D eigenvalue weighted by atomic mass is 28.4. The molecule has 1 N–H and O–H groups in total.